The van der Waals surface area contributed by atoms with Crippen LogP contribution in [0.1, 0.15) is 69.9 Å². The van der Waals surface area contributed by atoms with E-state index in [-0.39, 0.29) is 35.2 Å². The Bertz CT molecular complexity index is 1040. The van der Waals surface area contributed by atoms with Gasteiger partial charge in [-0.1, -0.05) is 26.7 Å². The van der Waals surface area contributed by atoms with Crippen LogP contribution in [0.5, 0.6) is 0 Å². The monoisotopic (exact) mass is 438 g/mol. The number of furan rings is 1. The Hall–Kier alpha value is -3.42. The summed E-state index contributed by atoms with van der Waals surface area (Å²) in [6.45, 7) is 3.92. The zero-order chi connectivity index (χ0) is 22.8. The number of imide groups is 1. The van der Waals surface area contributed by atoms with Crippen molar-refractivity contribution in [2.45, 2.75) is 45.7 Å². The number of nitrogens with one attached hydrogen (secondary N) is 1. The van der Waals surface area contributed by atoms with Gasteiger partial charge in [-0.15, -0.1) is 0 Å². The molecule has 32 heavy (non-hydrogen) atoms. The van der Waals surface area contributed by atoms with Gasteiger partial charge in [0.1, 0.15) is 5.76 Å². The molecule has 0 bridgehead atoms. The minimum absolute atomic E-state index is 0.0114. The second-order valence-electron chi connectivity index (χ2n) is 8.55. The summed E-state index contributed by atoms with van der Waals surface area (Å²) in [7, 11) is 0. The lowest BCUT2D eigenvalue weighted by molar-refractivity contribution is -0.125. The van der Waals surface area contributed by atoms with Gasteiger partial charge in [0.25, 0.3) is 17.7 Å². The van der Waals surface area contributed by atoms with Crippen molar-refractivity contribution in [3.63, 3.8) is 0 Å². The summed E-state index contributed by atoms with van der Waals surface area (Å²) in [6, 6.07) is 7.61. The molecule has 3 atom stereocenters. The largest absolute Gasteiger partial charge is 0.467 e. The molecule has 4 rings (SSSR count). The predicted molar refractivity (Wildman–Crippen MR) is 114 cm³/mol. The number of hydrogen-bond acceptors (Lipinski definition) is 6. The highest BCUT2D eigenvalue weighted by Gasteiger charge is 2.36. The highest BCUT2D eigenvalue weighted by atomic mass is 16.5. The van der Waals surface area contributed by atoms with E-state index in [4.69, 9.17) is 9.15 Å². The summed E-state index contributed by atoms with van der Waals surface area (Å²) in [5.74, 6) is -0.639. The third kappa shape index (κ3) is 4.30. The average Bonchev–Trinajstić information content (AvgIpc) is 3.38. The third-order valence-electron chi connectivity index (χ3n) is 6.49. The smallest absolute Gasteiger partial charge is 0.338 e. The molecule has 8 nitrogen and oxygen atoms in total. The number of nitrogens with zero attached hydrogens (tertiary/aromatic N) is 1. The molecule has 2 heterocycles. The fraction of sp³-hybridized carbons (Fsp3) is 0.417. The Kier molecular flexibility index (Phi) is 6.12. The van der Waals surface area contributed by atoms with E-state index in [9.17, 15) is 19.2 Å². The van der Waals surface area contributed by atoms with Crippen LogP contribution in [0, 0.1) is 11.8 Å². The van der Waals surface area contributed by atoms with E-state index in [1.807, 2.05) is 0 Å². The van der Waals surface area contributed by atoms with Crippen LogP contribution in [0.2, 0.25) is 0 Å². The summed E-state index contributed by atoms with van der Waals surface area (Å²) < 4.78 is 10.4. The van der Waals surface area contributed by atoms with Crippen LogP contribution in [0.25, 0.3) is 0 Å². The van der Waals surface area contributed by atoms with Gasteiger partial charge in [0, 0.05) is 6.04 Å². The summed E-state index contributed by atoms with van der Waals surface area (Å²) in [6.07, 6.45) is 4.60. The summed E-state index contributed by atoms with van der Waals surface area (Å²) in [4.78, 5) is 51.1. The van der Waals surface area contributed by atoms with Crippen LogP contribution in [0.15, 0.2) is 41.0 Å². The van der Waals surface area contributed by atoms with E-state index in [1.54, 1.807) is 12.1 Å². The van der Waals surface area contributed by atoms with Crippen molar-refractivity contribution in [2.75, 3.05) is 6.61 Å². The van der Waals surface area contributed by atoms with E-state index in [2.05, 4.69) is 19.2 Å². The Balaban J connectivity index is 1.37. The summed E-state index contributed by atoms with van der Waals surface area (Å²) in [5, 5.41) is 2.96. The molecule has 1 aliphatic heterocycles. The van der Waals surface area contributed by atoms with E-state index in [0.29, 0.717) is 17.6 Å². The molecule has 1 N–H and O–H groups in total. The van der Waals surface area contributed by atoms with E-state index < -0.39 is 24.4 Å². The van der Waals surface area contributed by atoms with E-state index in [1.165, 1.54) is 24.5 Å². The number of amides is 3. The molecule has 1 aliphatic carbocycles. The molecule has 8 heteroatoms. The zero-order valence-corrected chi connectivity index (χ0v) is 18.1. The van der Waals surface area contributed by atoms with Gasteiger partial charge in [-0.3, -0.25) is 19.3 Å². The van der Waals surface area contributed by atoms with Gasteiger partial charge < -0.3 is 14.5 Å². The topological polar surface area (TPSA) is 106 Å². The Labute approximate surface area is 185 Å². The molecule has 168 valence electrons. The van der Waals surface area contributed by atoms with Crippen molar-refractivity contribution in [1.82, 2.24) is 10.2 Å². The van der Waals surface area contributed by atoms with Crippen LogP contribution < -0.4 is 5.32 Å². The van der Waals surface area contributed by atoms with Gasteiger partial charge in [-0.25, -0.2) is 4.79 Å². The van der Waals surface area contributed by atoms with Crippen LogP contribution in [-0.2, 0) is 16.1 Å². The molecule has 1 aromatic carbocycles. The van der Waals surface area contributed by atoms with Crippen LogP contribution in [-0.4, -0.2) is 41.2 Å². The number of rotatable bonds is 6. The number of carbonyl (C=O) groups excluding carboxylic acids is 4. The highest BCUT2D eigenvalue weighted by Crippen LogP contribution is 2.29. The van der Waals surface area contributed by atoms with Gasteiger partial charge in [-0.2, -0.15) is 0 Å². The van der Waals surface area contributed by atoms with Crippen molar-refractivity contribution >= 4 is 23.7 Å². The van der Waals surface area contributed by atoms with Gasteiger partial charge in [-0.05, 0) is 48.6 Å². The normalized spacial score (nSPS) is 22.6. The van der Waals surface area contributed by atoms with Crippen LogP contribution >= 0.6 is 0 Å². The first-order chi connectivity index (χ1) is 15.3. The van der Waals surface area contributed by atoms with Crippen molar-refractivity contribution in [3.8, 4) is 0 Å². The minimum atomic E-state index is -0.724. The lowest BCUT2D eigenvalue weighted by atomic mass is 9.78. The molecule has 2 aliphatic rings. The molecule has 2 aromatic rings. The molecule has 0 spiro atoms. The van der Waals surface area contributed by atoms with Crippen LogP contribution in [0.3, 0.4) is 0 Å². The molecule has 1 aromatic heterocycles. The first kappa shape index (κ1) is 21.8. The SMILES string of the molecule is C[C@H]1[C@@H](NC(=O)COC(=O)c2ccc3c(c2)C(=O)N(Cc2ccco2)C3=O)CCC[C@@H]1C. The molecule has 0 radical (unpaired) electrons. The van der Waals surface area contributed by atoms with Crippen molar-refractivity contribution in [3.05, 3.63) is 59.0 Å². The minimum Gasteiger partial charge on any atom is -0.467 e. The zero-order valence-electron chi connectivity index (χ0n) is 18.1. The molecule has 1 fully saturated rings. The molecular formula is C24H26N2O6. The quantitative estimate of drug-likeness (QED) is 0.549. The number of hydrogen-bond donors (Lipinski definition) is 1. The molecule has 1 saturated carbocycles. The van der Waals surface area contributed by atoms with E-state index in [0.717, 1.165) is 24.2 Å². The van der Waals surface area contributed by atoms with Crippen molar-refractivity contribution in [1.29, 1.82) is 0 Å². The molecule has 3 amide bonds. The molecule has 0 unspecified atom stereocenters. The maximum Gasteiger partial charge on any atom is 0.338 e. The third-order valence-corrected chi connectivity index (χ3v) is 6.49. The lowest BCUT2D eigenvalue weighted by Gasteiger charge is -2.34. The average molecular weight is 438 g/mol. The fourth-order valence-corrected chi connectivity index (χ4v) is 4.37. The van der Waals surface area contributed by atoms with Gasteiger partial charge in [0.2, 0.25) is 0 Å². The number of carbonyl (C=O) groups is 4. The number of esters is 1. The number of fused-ring (bicyclic) bond motifs is 1. The second-order valence-corrected chi connectivity index (χ2v) is 8.55. The standard InChI is InChI=1S/C24H26N2O6/c1-14-5-3-7-20(15(14)2)25-21(27)13-32-24(30)16-8-9-18-19(11-16)23(29)26(22(18)28)12-17-6-4-10-31-17/h4,6,8-11,14-15,20H,3,5,7,12-13H2,1-2H3,(H,25,27)/t14-,15+,20-/m0/s1. The van der Waals surface area contributed by atoms with Crippen molar-refractivity contribution < 1.29 is 28.3 Å². The Morgan fingerprint density at radius 1 is 1.12 bits per heavy atom. The van der Waals surface area contributed by atoms with Gasteiger partial charge in [0.15, 0.2) is 6.61 Å². The van der Waals surface area contributed by atoms with Gasteiger partial charge >= 0.3 is 5.97 Å². The Morgan fingerprint density at radius 3 is 2.66 bits per heavy atom. The summed E-state index contributed by atoms with van der Waals surface area (Å²) in [5.41, 5.74) is 0.457. The predicted octanol–water partition coefficient (Wildman–Crippen LogP) is 3.17. The molecule has 0 saturated heterocycles. The first-order valence-electron chi connectivity index (χ1n) is 10.8. The lowest BCUT2D eigenvalue weighted by Crippen LogP contribution is -2.45. The second kappa shape index (κ2) is 8.98. The number of ether oxygens (including phenoxy) is 1. The molecular weight excluding hydrogens is 412 g/mol. The Morgan fingerprint density at radius 2 is 1.91 bits per heavy atom. The summed E-state index contributed by atoms with van der Waals surface area (Å²) >= 11 is 0. The number of benzene rings is 1. The van der Waals surface area contributed by atoms with E-state index >= 15 is 0 Å². The van der Waals surface area contributed by atoms with Crippen LogP contribution in [0.4, 0.5) is 0 Å². The first-order valence-corrected chi connectivity index (χ1v) is 10.8. The van der Waals surface area contributed by atoms with Gasteiger partial charge in [0.05, 0.1) is 29.5 Å². The maximum atomic E-state index is 12.7. The van der Waals surface area contributed by atoms with Crippen molar-refractivity contribution in [2.24, 2.45) is 11.8 Å². The maximum absolute atomic E-state index is 12.7. The highest BCUT2D eigenvalue weighted by molar-refractivity contribution is 6.21. The fourth-order valence-electron chi connectivity index (χ4n) is 4.37.